The Hall–Kier alpha value is -1.59. The van der Waals surface area contributed by atoms with E-state index in [1.54, 1.807) is 29.2 Å². The van der Waals surface area contributed by atoms with Crippen LogP contribution in [-0.2, 0) is 4.79 Å². The predicted molar refractivity (Wildman–Crippen MR) is 81.1 cm³/mol. The van der Waals surface area contributed by atoms with Crippen molar-refractivity contribution in [2.45, 2.75) is 25.8 Å². The van der Waals surface area contributed by atoms with Gasteiger partial charge in [0.2, 0.25) is 5.91 Å². The van der Waals surface area contributed by atoms with Crippen molar-refractivity contribution in [2.75, 3.05) is 18.4 Å². The van der Waals surface area contributed by atoms with Crippen molar-refractivity contribution in [2.24, 2.45) is 5.73 Å². The Morgan fingerprint density at radius 2 is 1.95 bits per heavy atom. The quantitative estimate of drug-likeness (QED) is 0.871. The summed E-state index contributed by atoms with van der Waals surface area (Å²) in [5.74, 6) is -0.120. The minimum atomic E-state index is -0.124. The molecule has 0 spiro atoms. The molecule has 0 aliphatic carbocycles. The fraction of sp³-hybridized carbons (Fsp3) is 0.429. The first-order valence-corrected chi connectivity index (χ1v) is 6.49. The van der Waals surface area contributed by atoms with Gasteiger partial charge in [0.1, 0.15) is 0 Å². The van der Waals surface area contributed by atoms with E-state index in [1.165, 1.54) is 6.92 Å². The van der Waals surface area contributed by atoms with Gasteiger partial charge in [-0.3, -0.25) is 9.59 Å². The number of amides is 2. The highest BCUT2D eigenvalue weighted by Gasteiger charge is 2.22. The number of rotatable bonds is 2. The maximum absolute atomic E-state index is 12.3. The summed E-state index contributed by atoms with van der Waals surface area (Å²) in [5, 5.41) is 2.67. The monoisotopic (exact) mass is 297 g/mol. The second-order valence-corrected chi connectivity index (χ2v) is 4.91. The minimum absolute atomic E-state index is 0. The standard InChI is InChI=1S/C14H19N3O2.ClH/c1-10(18)16-13-6-4-11(5-7-13)14(19)17-8-2-3-12(15)9-17;/h4-7,12H,2-3,8-9,15H2,1H3,(H,16,18);1H. The highest BCUT2D eigenvalue weighted by molar-refractivity contribution is 5.95. The van der Waals surface area contributed by atoms with Gasteiger partial charge < -0.3 is 16.0 Å². The molecule has 110 valence electrons. The Morgan fingerprint density at radius 1 is 1.30 bits per heavy atom. The second kappa shape index (κ2) is 7.26. The molecule has 2 amide bonds. The Balaban J connectivity index is 0.00000200. The molecule has 6 heteroatoms. The summed E-state index contributed by atoms with van der Waals surface area (Å²) in [6.07, 6.45) is 1.93. The molecule has 1 heterocycles. The lowest BCUT2D eigenvalue weighted by Crippen LogP contribution is -2.45. The van der Waals surface area contributed by atoms with Crippen LogP contribution in [-0.4, -0.2) is 35.8 Å². The lowest BCUT2D eigenvalue weighted by molar-refractivity contribution is -0.114. The molecule has 2 rings (SSSR count). The van der Waals surface area contributed by atoms with Crippen molar-refractivity contribution in [1.29, 1.82) is 0 Å². The van der Waals surface area contributed by atoms with Gasteiger partial charge in [0.05, 0.1) is 0 Å². The molecule has 0 saturated carbocycles. The molecule has 3 N–H and O–H groups in total. The first kappa shape index (κ1) is 16.5. The Kier molecular flexibility index (Phi) is 5.98. The highest BCUT2D eigenvalue weighted by Crippen LogP contribution is 2.15. The van der Waals surface area contributed by atoms with Crippen molar-refractivity contribution in [3.05, 3.63) is 29.8 Å². The van der Waals surface area contributed by atoms with Gasteiger partial charge in [0.15, 0.2) is 0 Å². The molecule has 20 heavy (non-hydrogen) atoms. The van der Waals surface area contributed by atoms with Gasteiger partial charge in [-0.05, 0) is 37.1 Å². The maximum Gasteiger partial charge on any atom is 0.253 e. The lowest BCUT2D eigenvalue weighted by Gasteiger charge is -2.30. The topological polar surface area (TPSA) is 75.4 Å². The van der Waals surface area contributed by atoms with Crippen molar-refractivity contribution in [3.8, 4) is 0 Å². The Labute approximate surface area is 124 Å². The largest absolute Gasteiger partial charge is 0.337 e. The highest BCUT2D eigenvalue weighted by atomic mass is 35.5. The third kappa shape index (κ3) is 4.21. The molecule has 1 aromatic rings. The zero-order valence-corrected chi connectivity index (χ0v) is 12.3. The van der Waals surface area contributed by atoms with Crippen molar-refractivity contribution in [1.82, 2.24) is 4.90 Å². The third-order valence-corrected chi connectivity index (χ3v) is 3.20. The van der Waals surface area contributed by atoms with Crippen molar-refractivity contribution in [3.63, 3.8) is 0 Å². The molecule has 0 bridgehead atoms. The van der Waals surface area contributed by atoms with Crippen LogP contribution in [0.3, 0.4) is 0 Å². The van der Waals surface area contributed by atoms with Crippen LogP contribution < -0.4 is 11.1 Å². The smallest absolute Gasteiger partial charge is 0.253 e. The SMILES string of the molecule is CC(=O)Nc1ccc(C(=O)N2CCCC(N)C2)cc1.Cl. The van der Waals surface area contributed by atoms with Crippen molar-refractivity contribution >= 4 is 29.9 Å². The minimum Gasteiger partial charge on any atom is -0.337 e. The lowest BCUT2D eigenvalue weighted by atomic mass is 10.1. The van der Waals surface area contributed by atoms with Crippen LogP contribution in [0.15, 0.2) is 24.3 Å². The van der Waals surface area contributed by atoms with E-state index >= 15 is 0 Å². The van der Waals surface area contributed by atoms with E-state index in [4.69, 9.17) is 5.73 Å². The van der Waals surface area contributed by atoms with Gasteiger partial charge in [0.25, 0.3) is 5.91 Å². The van der Waals surface area contributed by atoms with Gasteiger partial charge in [-0.25, -0.2) is 0 Å². The normalized spacial score (nSPS) is 18.1. The molecule has 0 aromatic heterocycles. The summed E-state index contributed by atoms with van der Waals surface area (Å²) in [6, 6.07) is 7.01. The summed E-state index contributed by atoms with van der Waals surface area (Å²) in [7, 11) is 0. The van der Waals surface area contributed by atoms with E-state index < -0.39 is 0 Å². The molecule has 1 aliphatic rings. The molecule has 1 aromatic carbocycles. The van der Waals surface area contributed by atoms with E-state index in [2.05, 4.69) is 5.32 Å². The predicted octanol–water partition coefficient (Wildman–Crippen LogP) is 1.63. The average molecular weight is 298 g/mol. The van der Waals surface area contributed by atoms with Crippen molar-refractivity contribution < 1.29 is 9.59 Å². The number of piperidine rings is 1. The zero-order valence-electron chi connectivity index (χ0n) is 11.5. The van der Waals surface area contributed by atoms with E-state index in [0.29, 0.717) is 17.8 Å². The molecule has 1 atom stereocenters. The van der Waals surface area contributed by atoms with Gasteiger partial charge in [-0.15, -0.1) is 12.4 Å². The van der Waals surface area contributed by atoms with E-state index in [1.807, 2.05) is 0 Å². The van der Waals surface area contributed by atoms with E-state index in [-0.39, 0.29) is 30.3 Å². The maximum atomic E-state index is 12.3. The molecule has 0 radical (unpaired) electrons. The van der Waals surface area contributed by atoms with Crippen LogP contribution in [0.2, 0.25) is 0 Å². The van der Waals surface area contributed by atoms with Crippen LogP contribution in [0.4, 0.5) is 5.69 Å². The molecule has 1 unspecified atom stereocenters. The number of nitrogens with two attached hydrogens (primary N) is 1. The second-order valence-electron chi connectivity index (χ2n) is 4.91. The van der Waals surface area contributed by atoms with Crippen LogP contribution in [0.1, 0.15) is 30.1 Å². The van der Waals surface area contributed by atoms with E-state index in [9.17, 15) is 9.59 Å². The number of anilines is 1. The molecule has 1 saturated heterocycles. The summed E-state index contributed by atoms with van der Waals surface area (Å²) >= 11 is 0. The first-order valence-electron chi connectivity index (χ1n) is 6.49. The number of hydrogen-bond donors (Lipinski definition) is 2. The number of carbonyl (C=O) groups is 2. The Bertz CT molecular complexity index is 476. The third-order valence-electron chi connectivity index (χ3n) is 3.20. The number of nitrogens with zero attached hydrogens (tertiary/aromatic N) is 1. The number of halogens is 1. The summed E-state index contributed by atoms with van der Waals surface area (Å²) in [4.78, 5) is 25.0. The molecule has 5 nitrogen and oxygen atoms in total. The van der Waals surface area contributed by atoms with Crippen LogP contribution >= 0.6 is 12.4 Å². The summed E-state index contributed by atoms with van der Waals surface area (Å²) < 4.78 is 0. The number of benzene rings is 1. The van der Waals surface area contributed by atoms with E-state index in [0.717, 1.165) is 19.4 Å². The first-order chi connectivity index (χ1) is 9.06. The number of nitrogens with one attached hydrogen (secondary N) is 1. The van der Waals surface area contributed by atoms with Crippen LogP contribution in [0.5, 0.6) is 0 Å². The summed E-state index contributed by atoms with van der Waals surface area (Å²) in [6.45, 7) is 2.83. The number of hydrogen-bond acceptors (Lipinski definition) is 3. The van der Waals surface area contributed by atoms with Gasteiger partial charge in [-0.2, -0.15) is 0 Å². The van der Waals surface area contributed by atoms with Gasteiger partial charge in [0, 0.05) is 37.3 Å². The Morgan fingerprint density at radius 3 is 2.50 bits per heavy atom. The summed E-state index contributed by atoms with van der Waals surface area (Å²) in [5.41, 5.74) is 7.20. The number of carbonyl (C=O) groups excluding carboxylic acids is 2. The fourth-order valence-corrected chi connectivity index (χ4v) is 2.28. The molecule has 1 fully saturated rings. The number of likely N-dealkylation sites (tertiary alicyclic amines) is 1. The van der Waals surface area contributed by atoms with Crippen LogP contribution in [0.25, 0.3) is 0 Å². The molecule has 1 aliphatic heterocycles. The zero-order chi connectivity index (χ0) is 13.8. The average Bonchev–Trinajstić information content (AvgIpc) is 2.38. The molecular formula is C14H20ClN3O2. The fourth-order valence-electron chi connectivity index (χ4n) is 2.28. The van der Waals surface area contributed by atoms with Gasteiger partial charge >= 0.3 is 0 Å². The van der Waals surface area contributed by atoms with Crippen LogP contribution in [0, 0.1) is 0 Å². The van der Waals surface area contributed by atoms with Gasteiger partial charge in [-0.1, -0.05) is 0 Å². The molecular weight excluding hydrogens is 278 g/mol.